The molecule has 2 aromatic carbocycles. The van der Waals surface area contributed by atoms with Gasteiger partial charge in [0.05, 0.1) is 11.0 Å². The van der Waals surface area contributed by atoms with Crippen molar-refractivity contribution in [3.63, 3.8) is 0 Å². The molecule has 0 saturated heterocycles. The highest BCUT2D eigenvalue weighted by molar-refractivity contribution is 7.89. The van der Waals surface area contributed by atoms with Crippen LogP contribution in [-0.4, -0.2) is 27.9 Å². The van der Waals surface area contributed by atoms with Crippen LogP contribution in [0.3, 0.4) is 0 Å². The number of carbonyl (C=O) groups is 1. The van der Waals surface area contributed by atoms with Crippen molar-refractivity contribution in [3.8, 4) is 0 Å². The van der Waals surface area contributed by atoms with Crippen molar-refractivity contribution in [1.82, 2.24) is 0 Å². The fourth-order valence-corrected chi connectivity index (χ4v) is 2.97. The first-order valence-electron chi connectivity index (χ1n) is 7.29. The Morgan fingerprint density at radius 2 is 1.62 bits per heavy atom. The Morgan fingerprint density at radius 3 is 2.08 bits per heavy atom. The number of benzene rings is 2. The van der Waals surface area contributed by atoms with E-state index in [1.807, 2.05) is 37.3 Å². The minimum atomic E-state index is -3.77. The second-order valence-electron chi connectivity index (χ2n) is 5.26. The molecule has 24 heavy (non-hydrogen) atoms. The van der Waals surface area contributed by atoms with Crippen LogP contribution in [0.2, 0.25) is 0 Å². The standard InChI is InChI=1S/C18H19NO4S/c1-13(23-2)18(17(12-20)14-6-4-3-5-7-14)15-8-10-16(11-9-15)24(19,21)22/h3-13H,1-2H3,(H2,19,21,22)/b18-17-. The molecule has 0 spiro atoms. The van der Waals surface area contributed by atoms with E-state index in [4.69, 9.17) is 9.88 Å². The molecule has 126 valence electrons. The van der Waals surface area contributed by atoms with Crippen LogP contribution in [0.5, 0.6) is 0 Å². The van der Waals surface area contributed by atoms with Gasteiger partial charge in [-0.1, -0.05) is 42.5 Å². The van der Waals surface area contributed by atoms with Crippen LogP contribution in [0.1, 0.15) is 18.1 Å². The number of aldehydes is 1. The van der Waals surface area contributed by atoms with E-state index in [1.54, 1.807) is 19.2 Å². The minimum Gasteiger partial charge on any atom is -0.377 e. The Kier molecular flexibility index (Phi) is 5.66. The molecule has 0 aliphatic carbocycles. The minimum absolute atomic E-state index is 0.0167. The lowest BCUT2D eigenvalue weighted by Gasteiger charge is -2.18. The summed E-state index contributed by atoms with van der Waals surface area (Å²) in [5, 5.41) is 5.13. The van der Waals surface area contributed by atoms with E-state index in [1.165, 1.54) is 12.1 Å². The molecule has 0 aliphatic rings. The third kappa shape index (κ3) is 3.97. The fourth-order valence-electron chi connectivity index (χ4n) is 2.46. The Morgan fingerprint density at radius 1 is 1.04 bits per heavy atom. The number of allylic oxidation sites excluding steroid dienone is 1. The van der Waals surface area contributed by atoms with E-state index < -0.39 is 10.0 Å². The first-order chi connectivity index (χ1) is 11.4. The first kappa shape index (κ1) is 18.1. The van der Waals surface area contributed by atoms with E-state index in [9.17, 15) is 13.2 Å². The summed E-state index contributed by atoms with van der Waals surface area (Å²) in [6, 6.07) is 15.3. The van der Waals surface area contributed by atoms with Crippen LogP contribution in [0.25, 0.3) is 11.1 Å². The van der Waals surface area contributed by atoms with Crippen LogP contribution < -0.4 is 5.14 Å². The van der Waals surface area contributed by atoms with Gasteiger partial charge in [-0.25, -0.2) is 13.6 Å². The first-order valence-corrected chi connectivity index (χ1v) is 8.84. The molecule has 0 fully saturated rings. The van der Waals surface area contributed by atoms with Gasteiger partial charge in [-0.2, -0.15) is 0 Å². The molecule has 2 rings (SSSR count). The van der Waals surface area contributed by atoms with Crippen molar-refractivity contribution in [2.24, 2.45) is 5.14 Å². The predicted octanol–water partition coefficient (Wildman–Crippen LogP) is 2.48. The predicted molar refractivity (Wildman–Crippen MR) is 93.6 cm³/mol. The monoisotopic (exact) mass is 345 g/mol. The summed E-state index contributed by atoms with van der Waals surface area (Å²) in [5.74, 6) is 0. The summed E-state index contributed by atoms with van der Waals surface area (Å²) in [5.41, 5.74) is 2.64. The molecule has 0 bridgehead atoms. The lowest BCUT2D eigenvalue weighted by molar-refractivity contribution is -0.103. The van der Waals surface area contributed by atoms with Gasteiger partial charge in [0.2, 0.25) is 10.0 Å². The fraction of sp³-hybridized carbons (Fsp3) is 0.167. The number of hydrogen-bond donors (Lipinski definition) is 1. The van der Waals surface area contributed by atoms with Crippen LogP contribution in [0, 0.1) is 0 Å². The molecule has 6 heteroatoms. The second-order valence-corrected chi connectivity index (χ2v) is 6.82. The van der Waals surface area contributed by atoms with E-state index >= 15 is 0 Å². The lowest BCUT2D eigenvalue weighted by atomic mass is 9.92. The molecular weight excluding hydrogens is 326 g/mol. The molecule has 0 aliphatic heterocycles. The van der Waals surface area contributed by atoms with Gasteiger partial charge >= 0.3 is 0 Å². The maximum Gasteiger partial charge on any atom is 0.238 e. The van der Waals surface area contributed by atoms with Crippen molar-refractivity contribution >= 4 is 27.5 Å². The molecular formula is C18H19NO4S. The average molecular weight is 345 g/mol. The summed E-state index contributed by atoms with van der Waals surface area (Å²) in [7, 11) is -2.21. The SMILES string of the molecule is COC(C)/C(=C(\C=O)c1ccccc1)c1ccc(S(N)(=O)=O)cc1. The molecule has 1 unspecified atom stereocenters. The van der Waals surface area contributed by atoms with E-state index in [0.29, 0.717) is 16.7 Å². The number of ether oxygens (including phenoxy) is 1. The molecule has 0 amide bonds. The number of nitrogens with two attached hydrogens (primary N) is 1. The molecule has 5 nitrogen and oxygen atoms in total. The van der Waals surface area contributed by atoms with Gasteiger partial charge in [0.15, 0.2) is 6.29 Å². The maximum absolute atomic E-state index is 11.7. The van der Waals surface area contributed by atoms with Gasteiger partial charge in [0, 0.05) is 12.7 Å². The van der Waals surface area contributed by atoms with Crippen molar-refractivity contribution in [1.29, 1.82) is 0 Å². The zero-order chi connectivity index (χ0) is 17.7. The van der Waals surface area contributed by atoms with Crippen LogP contribution in [-0.2, 0) is 19.6 Å². The van der Waals surface area contributed by atoms with E-state index in [2.05, 4.69) is 0 Å². The zero-order valence-corrected chi connectivity index (χ0v) is 14.3. The smallest absolute Gasteiger partial charge is 0.238 e. The van der Waals surface area contributed by atoms with Gasteiger partial charge < -0.3 is 4.74 Å². The average Bonchev–Trinajstić information content (AvgIpc) is 2.59. The molecule has 0 saturated carbocycles. The van der Waals surface area contributed by atoms with Gasteiger partial charge in [0.25, 0.3) is 0 Å². The third-order valence-electron chi connectivity index (χ3n) is 3.75. The molecule has 0 heterocycles. The summed E-state index contributed by atoms with van der Waals surface area (Å²) >= 11 is 0. The number of carbonyl (C=O) groups excluding carboxylic acids is 1. The van der Waals surface area contributed by atoms with Crippen molar-refractivity contribution in [3.05, 3.63) is 65.7 Å². The number of primary sulfonamides is 1. The summed E-state index contributed by atoms with van der Waals surface area (Å²) in [4.78, 5) is 11.8. The van der Waals surface area contributed by atoms with Crippen molar-refractivity contribution in [2.45, 2.75) is 17.9 Å². The molecule has 0 aromatic heterocycles. The topological polar surface area (TPSA) is 86.5 Å². The molecule has 2 N–H and O–H groups in total. The maximum atomic E-state index is 11.7. The summed E-state index contributed by atoms with van der Waals surface area (Å²) in [6.45, 7) is 1.83. The molecule has 2 aromatic rings. The number of rotatable bonds is 6. The zero-order valence-electron chi connectivity index (χ0n) is 13.5. The summed E-state index contributed by atoms with van der Waals surface area (Å²) < 4.78 is 28.2. The Hall–Kier alpha value is -2.28. The number of sulfonamides is 1. The van der Waals surface area contributed by atoms with Crippen molar-refractivity contribution in [2.75, 3.05) is 7.11 Å². The Labute approximate surface area is 141 Å². The second kappa shape index (κ2) is 7.53. The number of hydrogen-bond acceptors (Lipinski definition) is 4. The third-order valence-corrected chi connectivity index (χ3v) is 4.68. The van der Waals surface area contributed by atoms with Gasteiger partial charge in [0.1, 0.15) is 0 Å². The van der Waals surface area contributed by atoms with Crippen molar-refractivity contribution < 1.29 is 17.9 Å². The van der Waals surface area contributed by atoms with Crippen LogP contribution >= 0.6 is 0 Å². The van der Waals surface area contributed by atoms with Gasteiger partial charge in [-0.3, -0.25) is 4.79 Å². The highest BCUT2D eigenvalue weighted by Gasteiger charge is 2.18. The summed E-state index contributed by atoms with van der Waals surface area (Å²) in [6.07, 6.45) is 0.430. The quantitative estimate of drug-likeness (QED) is 0.495. The molecule has 1 atom stereocenters. The van der Waals surface area contributed by atoms with E-state index in [0.717, 1.165) is 11.8 Å². The highest BCUT2D eigenvalue weighted by atomic mass is 32.2. The van der Waals surface area contributed by atoms with Gasteiger partial charge in [-0.05, 0) is 35.8 Å². The van der Waals surface area contributed by atoms with Crippen LogP contribution in [0.15, 0.2) is 59.5 Å². The van der Waals surface area contributed by atoms with Crippen LogP contribution in [0.4, 0.5) is 0 Å². The lowest BCUT2D eigenvalue weighted by Crippen LogP contribution is -2.13. The van der Waals surface area contributed by atoms with Gasteiger partial charge in [-0.15, -0.1) is 0 Å². The normalized spacial score (nSPS) is 14.0. The largest absolute Gasteiger partial charge is 0.377 e. The highest BCUT2D eigenvalue weighted by Crippen LogP contribution is 2.29. The Balaban J connectivity index is 2.65. The molecule has 0 radical (unpaired) electrons. The van der Waals surface area contributed by atoms with E-state index in [-0.39, 0.29) is 11.0 Å². The number of methoxy groups -OCH3 is 1. The Bertz CT molecular complexity index is 840.